The first-order chi connectivity index (χ1) is 5.72. The second-order valence-corrected chi connectivity index (χ2v) is 3.25. The highest BCUT2D eigenvalue weighted by molar-refractivity contribution is 5.03. The summed E-state index contributed by atoms with van der Waals surface area (Å²) in [6.45, 7) is 2.19. The number of rotatable bonds is 4. The van der Waals surface area contributed by atoms with Crippen LogP contribution in [0.5, 0.6) is 0 Å². The molecule has 0 spiro atoms. The normalized spacial score (nSPS) is 13.2. The zero-order chi connectivity index (χ0) is 8.97. The topological polar surface area (TPSA) is 29.9 Å². The van der Waals surface area contributed by atoms with Crippen molar-refractivity contribution in [2.75, 3.05) is 7.05 Å². The van der Waals surface area contributed by atoms with Gasteiger partial charge in [0.25, 0.3) is 0 Å². The molecule has 0 aliphatic heterocycles. The van der Waals surface area contributed by atoms with Crippen LogP contribution in [0, 0.1) is 0 Å². The minimum absolute atomic E-state index is 0.588. The summed E-state index contributed by atoms with van der Waals surface area (Å²) in [4.78, 5) is 0. The SMILES string of the molecule is CNC(C)CCc1cnn(C)c1. The van der Waals surface area contributed by atoms with Crippen molar-refractivity contribution in [3.05, 3.63) is 18.0 Å². The van der Waals surface area contributed by atoms with Gasteiger partial charge in [0.1, 0.15) is 0 Å². The maximum atomic E-state index is 4.12. The number of hydrogen-bond donors (Lipinski definition) is 1. The first-order valence-corrected chi connectivity index (χ1v) is 4.37. The largest absolute Gasteiger partial charge is 0.317 e. The van der Waals surface area contributed by atoms with E-state index < -0.39 is 0 Å². The van der Waals surface area contributed by atoms with Gasteiger partial charge in [-0.25, -0.2) is 0 Å². The van der Waals surface area contributed by atoms with E-state index in [4.69, 9.17) is 0 Å². The lowest BCUT2D eigenvalue weighted by atomic mass is 10.1. The second kappa shape index (κ2) is 4.26. The molecule has 1 atom stereocenters. The lowest BCUT2D eigenvalue weighted by Crippen LogP contribution is -2.21. The van der Waals surface area contributed by atoms with Crippen LogP contribution in [0.3, 0.4) is 0 Å². The Morgan fingerprint density at radius 2 is 2.42 bits per heavy atom. The Kier molecular flexibility index (Phi) is 3.29. The summed E-state index contributed by atoms with van der Waals surface area (Å²) in [5, 5.41) is 7.33. The van der Waals surface area contributed by atoms with Crippen molar-refractivity contribution in [2.24, 2.45) is 7.05 Å². The summed E-state index contributed by atoms with van der Waals surface area (Å²) < 4.78 is 1.85. The fourth-order valence-electron chi connectivity index (χ4n) is 1.13. The van der Waals surface area contributed by atoms with Crippen molar-refractivity contribution >= 4 is 0 Å². The molecule has 1 rings (SSSR count). The zero-order valence-corrected chi connectivity index (χ0v) is 8.04. The van der Waals surface area contributed by atoms with Gasteiger partial charge in [-0.15, -0.1) is 0 Å². The minimum atomic E-state index is 0.588. The summed E-state index contributed by atoms with van der Waals surface area (Å²) in [6, 6.07) is 0.588. The number of nitrogens with one attached hydrogen (secondary N) is 1. The monoisotopic (exact) mass is 167 g/mol. The molecule has 0 aliphatic carbocycles. The van der Waals surface area contributed by atoms with Crippen LogP contribution >= 0.6 is 0 Å². The lowest BCUT2D eigenvalue weighted by Gasteiger charge is -2.07. The fraction of sp³-hybridized carbons (Fsp3) is 0.667. The maximum absolute atomic E-state index is 4.12. The number of hydrogen-bond acceptors (Lipinski definition) is 2. The maximum Gasteiger partial charge on any atom is 0.0521 e. The van der Waals surface area contributed by atoms with Gasteiger partial charge in [-0.1, -0.05) is 0 Å². The van der Waals surface area contributed by atoms with Crippen molar-refractivity contribution in [3.63, 3.8) is 0 Å². The predicted octanol–water partition coefficient (Wildman–Crippen LogP) is 0.961. The van der Waals surface area contributed by atoms with E-state index in [0.717, 1.165) is 6.42 Å². The van der Waals surface area contributed by atoms with E-state index in [1.54, 1.807) is 0 Å². The van der Waals surface area contributed by atoms with Crippen LogP contribution in [-0.2, 0) is 13.5 Å². The van der Waals surface area contributed by atoms with E-state index in [0.29, 0.717) is 6.04 Å². The van der Waals surface area contributed by atoms with Crippen LogP contribution < -0.4 is 5.32 Å². The van der Waals surface area contributed by atoms with Crippen molar-refractivity contribution in [1.82, 2.24) is 15.1 Å². The smallest absolute Gasteiger partial charge is 0.0521 e. The highest BCUT2D eigenvalue weighted by atomic mass is 15.2. The Balaban J connectivity index is 2.33. The van der Waals surface area contributed by atoms with Gasteiger partial charge in [0, 0.05) is 19.3 Å². The van der Waals surface area contributed by atoms with Gasteiger partial charge < -0.3 is 5.32 Å². The fourth-order valence-corrected chi connectivity index (χ4v) is 1.13. The summed E-state index contributed by atoms with van der Waals surface area (Å²) in [7, 11) is 3.94. The Labute approximate surface area is 73.8 Å². The molecular weight excluding hydrogens is 150 g/mol. The summed E-state index contributed by atoms with van der Waals surface area (Å²) >= 11 is 0. The van der Waals surface area contributed by atoms with Crippen LogP contribution in [0.2, 0.25) is 0 Å². The molecule has 0 bridgehead atoms. The van der Waals surface area contributed by atoms with Crippen LogP contribution in [0.15, 0.2) is 12.4 Å². The van der Waals surface area contributed by atoms with Gasteiger partial charge in [-0.3, -0.25) is 4.68 Å². The molecule has 0 radical (unpaired) electrons. The van der Waals surface area contributed by atoms with Crippen LogP contribution in [-0.4, -0.2) is 22.9 Å². The molecule has 0 amide bonds. The molecule has 1 aromatic heterocycles. The van der Waals surface area contributed by atoms with Crippen LogP contribution in [0.4, 0.5) is 0 Å². The third-order valence-electron chi connectivity index (χ3n) is 2.12. The number of aryl methyl sites for hydroxylation is 2. The van der Waals surface area contributed by atoms with Gasteiger partial charge in [0.05, 0.1) is 6.20 Å². The van der Waals surface area contributed by atoms with E-state index in [1.807, 2.05) is 25.0 Å². The minimum Gasteiger partial charge on any atom is -0.317 e. The van der Waals surface area contributed by atoms with E-state index in [9.17, 15) is 0 Å². The Morgan fingerprint density at radius 3 is 2.92 bits per heavy atom. The molecule has 3 nitrogen and oxygen atoms in total. The van der Waals surface area contributed by atoms with E-state index >= 15 is 0 Å². The lowest BCUT2D eigenvalue weighted by molar-refractivity contribution is 0.565. The highest BCUT2D eigenvalue weighted by Crippen LogP contribution is 2.02. The molecular formula is C9H17N3. The predicted molar refractivity (Wildman–Crippen MR) is 50.1 cm³/mol. The van der Waals surface area contributed by atoms with E-state index in [2.05, 4.69) is 23.5 Å². The van der Waals surface area contributed by atoms with Gasteiger partial charge >= 0.3 is 0 Å². The van der Waals surface area contributed by atoms with Gasteiger partial charge in [-0.2, -0.15) is 5.10 Å². The van der Waals surface area contributed by atoms with E-state index in [1.165, 1.54) is 12.0 Å². The van der Waals surface area contributed by atoms with Crippen LogP contribution in [0.1, 0.15) is 18.9 Å². The van der Waals surface area contributed by atoms with Crippen molar-refractivity contribution in [3.8, 4) is 0 Å². The third kappa shape index (κ3) is 2.66. The molecule has 1 N–H and O–H groups in total. The van der Waals surface area contributed by atoms with Gasteiger partial charge in [0.15, 0.2) is 0 Å². The molecule has 1 aromatic rings. The average Bonchev–Trinajstić information content (AvgIpc) is 2.47. The number of nitrogens with zero attached hydrogens (tertiary/aromatic N) is 2. The van der Waals surface area contributed by atoms with Crippen molar-refractivity contribution < 1.29 is 0 Å². The molecule has 0 aromatic carbocycles. The Hall–Kier alpha value is -0.830. The molecule has 12 heavy (non-hydrogen) atoms. The average molecular weight is 167 g/mol. The molecule has 0 saturated heterocycles. The molecule has 1 heterocycles. The zero-order valence-electron chi connectivity index (χ0n) is 8.04. The van der Waals surface area contributed by atoms with Crippen molar-refractivity contribution in [2.45, 2.75) is 25.8 Å². The Bertz CT molecular complexity index is 229. The van der Waals surface area contributed by atoms with Crippen LogP contribution in [0.25, 0.3) is 0 Å². The van der Waals surface area contributed by atoms with E-state index in [-0.39, 0.29) is 0 Å². The highest BCUT2D eigenvalue weighted by Gasteiger charge is 2.00. The molecule has 68 valence electrons. The molecule has 1 unspecified atom stereocenters. The number of aromatic nitrogens is 2. The standard InChI is InChI=1S/C9H17N3/c1-8(10-2)4-5-9-6-11-12(3)7-9/h6-8,10H,4-5H2,1-3H3. The third-order valence-corrected chi connectivity index (χ3v) is 2.12. The van der Waals surface area contributed by atoms with Gasteiger partial charge in [0.2, 0.25) is 0 Å². The summed E-state index contributed by atoms with van der Waals surface area (Å²) in [6.07, 6.45) is 6.28. The quantitative estimate of drug-likeness (QED) is 0.724. The van der Waals surface area contributed by atoms with Gasteiger partial charge in [-0.05, 0) is 32.4 Å². The Morgan fingerprint density at radius 1 is 1.67 bits per heavy atom. The summed E-state index contributed by atoms with van der Waals surface area (Å²) in [5.41, 5.74) is 1.32. The molecule has 0 saturated carbocycles. The van der Waals surface area contributed by atoms with Crippen molar-refractivity contribution in [1.29, 1.82) is 0 Å². The summed E-state index contributed by atoms with van der Waals surface area (Å²) in [5.74, 6) is 0. The first-order valence-electron chi connectivity index (χ1n) is 4.37. The molecule has 3 heteroatoms. The second-order valence-electron chi connectivity index (χ2n) is 3.25. The first kappa shape index (κ1) is 9.26. The molecule has 0 aliphatic rings. The molecule has 0 fully saturated rings.